The summed E-state index contributed by atoms with van der Waals surface area (Å²) in [7, 11) is 0. The Bertz CT molecular complexity index is 724. The van der Waals surface area contributed by atoms with E-state index in [1.54, 1.807) is 6.07 Å². The van der Waals surface area contributed by atoms with Gasteiger partial charge in [0.05, 0.1) is 10.6 Å². The van der Waals surface area contributed by atoms with Crippen LogP contribution in [0.2, 0.25) is 0 Å². The summed E-state index contributed by atoms with van der Waals surface area (Å²) >= 11 is 1.40. The van der Waals surface area contributed by atoms with E-state index in [1.807, 2.05) is 49.6 Å². The normalized spacial score (nSPS) is 11.2. The zero-order valence-corrected chi connectivity index (χ0v) is 14.7. The molecule has 0 unspecified atom stereocenters. The minimum absolute atomic E-state index is 0.0849. The molecule has 0 fully saturated rings. The zero-order valence-electron chi connectivity index (χ0n) is 13.8. The monoisotopic (exact) mass is 343 g/mol. The van der Waals surface area contributed by atoms with Gasteiger partial charge in [0.15, 0.2) is 0 Å². The van der Waals surface area contributed by atoms with Crippen molar-refractivity contribution in [3.63, 3.8) is 0 Å². The molecule has 0 saturated carbocycles. The van der Waals surface area contributed by atoms with Crippen LogP contribution in [0.5, 0.6) is 0 Å². The van der Waals surface area contributed by atoms with E-state index in [1.165, 1.54) is 11.3 Å². The van der Waals surface area contributed by atoms with Crippen LogP contribution in [0.4, 0.5) is 5.69 Å². The Balaban J connectivity index is 2.01. The number of amides is 2. The molecule has 2 N–H and O–H groups in total. The lowest BCUT2D eigenvalue weighted by Gasteiger charge is -2.07. The number of hydrogen-bond donors (Lipinski definition) is 2. The maximum Gasteiger partial charge on any atom is 0.265 e. The van der Waals surface area contributed by atoms with Gasteiger partial charge in [0.25, 0.3) is 5.91 Å². The third kappa shape index (κ3) is 5.31. The summed E-state index contributed by atoms with van der Waals surface area (Å²) in [5.41, 5.74) is 4.78. The molecule has 1 aromatic heterocycles. The fourth-order valence-corrected chi connectivity index (χ4v) is 2.65. The van der Waals surface area contributed by atoms with Crippen molar-refractivity contribution in [1.82, 2.24) is 5.43 Å². The molecule has 126 valence electrons. The van der Waals surface area contributed by atoms with Crippen LogP contribution >= 0.6 is 11.3 Å². The van der Waals surface area contributed by atoms with Gasteiger partial charge in [-0.15, -0.1) is 11.3 Å². The van der Waals surface area contributed by atoms with E-state index in [4.69, 9.17) is 0 Å². The molecule has 0 atom stereocenters. The number of carbonyl (C=O) groups is 2. The Labute approximate surface area is 145 Å². The third-order valence-electron chi connectivity index (χ3n) is 3.39. The molecular formula is C18H21N3O2S. The number of rotatable bonds is 7. The summed E-state index contributed by atoms with van der Waals surface area (Å²) in [5.74, 6) is -0.219. The lowest BCUT2D eigenvalue weighted by atomic mass is 10.1. The molecule has 2 amide bonds. The van der Waals surface area contributed by atoms with Gasteiger partial charge in [-0.2, -0.15) is 5.10 Å². The highest BCUT2D eigenvalue weighted by molar-refractivity contribution is 7.12. The molecule has 0 saturated heterocycles. The van der Waals surface area contributed by atoms with Crippen molar-refractivity contribution in [2.24, 2.45) is 5.10 Å². The number of benzene rings is 1. The first-order valence-corrected chi connectivity index (χ1v) is 8.76. The van der Waals surface area contributed by atoms with Crippen LogP contribution in [0, 0.1) is 0 Å². The molecule has 0 bridgehead atoms. The molecular weight excluding hydrogens is 322 g/mol. The predicted octanol–water partition coefficient (Wildman–Crippen LogP) is 4.03. The number of hydrogen-bond acceptors (Lipinski definition) is 4. The van der Waals surface area contributed by atoms with E-state index in [-0.39, 0.29) is 11.8 Å². The quantitative estimate of drug-likeness (QED) is 0.588. The minimum Gasteiger partial charge on any atom is -0.321 e. The molecule has 1 aromatic carbocycles. The Hall–Kier alpha value is -2.47. The molecule has 5 nitrogen and oxygen atoms in total. The second-order valence-electron chi connectivity index (χ2n) is 5.35. The number of thiophene rings is 1. The molecule has 0 aliphatic heterocycles. The van der Waals surface area contributed by atoms with Gasteiger partial charge in [-0.1, -0.05) is 31.5 Å². The molecule has 6 heteroatoms. The highest BCUT2D eigenvalue weighted by Crippen LogP contribution is 2.15. The van der Waals surface area contributed by atoms with Crippen molar-refractivity contribution >= 4 is 34.6 Å². The summed E-state index contributed by atoms with van der Waals surface area (Å²) in [5, 5.41) is 8.85. The topological polar surface area (TPSA) is 70.6 Å². The van der Waals surface area contributed by atoms with Gasteiger partial charge < -0.3 is 5.32 Å². The second-order valence-corrected chi connectivity index (χ2v) is 6.30. The van der Waals surface area contributed by atoms with Crippen molar-refractivity contribution in [3.8, 4) is 0 Å². The largest absolute Gasteiger partial charge is 0.321 e. The molecule has 1 heterocycles. The first-order chi connectivity index (χ1) is 11.6. The van der Waals surface area contributed by atoms with Crippen LogP contribution in [0.1, 0.15) is 48.3 Å². The van der Waals surface area contributed by atoms with E-state index in [9.17, 15) is 9.59 Å². The summed E-state index contributed by atoms with van der Waals surface area (Å²) in [6.45, 7) is 3.86. The number of nitrogens with zero attached hydrogens (tertiary/aromatic N) is 1. The zero-order chi connectivity index (χ0) is 17.4. The second kappa shape index (κ2) is 8.98. The highest BCUT2D eigenvalue weighted by Gasteiger charge is 2.08. The van der Waals surface area contributed by atoms with Crippen molar-refractivity contribution in [1.29, 1.82) is 0 Å². The molecule has 0 radical (unpaired) electrons. The van der Waals surface area contributed by atoms with E-state index >= 15 is 0 Å². The van der Waals surface area contributed by atoms with E-state index < -0.39 is 0 Å². The summed E-state index contributed by atoms with van der Waals surface area (Å²) < 4.78 is 0. The number of unbranched alkanes of at least 4 members (excludes halogenated alkanes) is 1. The highest BCUT2D eigenvalue weighted by atomic mass is 32.1. The average molecular weight is 343 g/mol. The van der Waals surface area contributed by atoms with Crippen LogP contribution < -0.4 is 10.7 Å². The summed E-state index contributed by atoms with van der Waals surface area (Å²) in [6, 6.07) is 11.0. The Morgan fingerprint density at radius 3 is 2.75 bits per heavy atom. The number of carbonyl (C=O) groups excluding carboxylic acids is 2. The molecule has 2 rings (SSSR count). The average Bonchev–Trinajstić information content (AvgIpc) is 3.12. The fraction of sp³-hybridized carbons (Fsp3) is 0.278. The van der Waals surface area contributed by atoms with Gasteiger partial charge in [0, 0.05) is 12.1 Å². The summed E-state index contributed by atoms with van der Waals surface area (Å²) in [6.07, 6.45) is 2.30. The van der Waals surface area contributed by atoms with Crippen LogP contribution in [0.25, 0.3) is 0 Å². The smallest absolute Gasteiger partial charge is 0.265 e. The third-order valence-corrected chi connectivity index (χ3v) is 4.26. The maximum absolute atomic E-state index is 12.1. The molecule has 0 spiro atoms. The Morgan fingerprint density at radius 2 is 2.04 bits per heavy atom. The number of hydrazone groups is 1. The van der Waals surface area contributed by atoms with Gasteiger partial charge in [-0.25, -0.2) is 5.43 Å². The van der Waals surface area contributed by atoms with E-state index in [0.717, 1.165) is 18.4 Å². The van der Waals surface area contributed by atoms with Gasteiger partial charge in [-0.05, 0) is 42.5 Å². The lowest BCUT2D eigenvalue weighted by molar-refractivity contribution is -0.121. The van der Waals surface area contributed by atoms with Crippen LogP contribution in [-0.2, 0) is 4.79 Å². The first kappa shape index (κ1) is 17.9. The fourth-order valence-electron chi connectivity index (χ4n) is 2.03. The van der Waals surface area contributed by atoms with Gasteiger partial charge in [-0.3, -0.25) is 9.59 Å². The van der Waals surface area contributed by atoms with Crippen LogP contribution in [0.3, 0.4) is 0 Å². The Morgan fingerprint density at radius 1 is 1.21 bits per heavy atom. The van der Waals surface area contributed by atoms with Gasteiger partial charge in [0.2, 0.25) is 5.91 Å². The Kier molecular flexibility index (Phi) is 6.69. The number of anilines is 1. The molecule has 2 aromatic rings. The molecule has 0 aliphatic rings. The predicted molar refractivity (Wildman–Crippen MR) is 98.6 cm³/mol. The SMILES string of the molecule is CCCCC(=O)NN=C(C)c1cccc(NC(=O)c2cccs2)c1. The van der Waals surface area contributed by atoms with Crippen molar-refractivity contribution in [2.45, 2.75) is 33.1 Å². The van der Waals surface area contributed by atoms with Crippen LogP contribution in [0.15, 0.2) is 46.9 Å². The lowest BCUT2D eigenvalue weighted by Crippen LogP contribution is -2.18. The molecule has 0 aliphatic carbocycles. The van der Waals surface area contributed by atoms with Crippen molar-refractivity contribution < 1.29 is 9.59 Å². The maximum atomic E-state index is 12.1. The van der Waals surface area contributed by atoms with E-state index in [2.05, 4.69) is 15.8 Å². The van der Waals surface area contributed by atoms with E-state index in [0.29, 0.717) is 22.7 Å². The van der Waals surface area contributed by atoms with Crippen LogP contribution in [-0.4, -0.2) is 17.5 Å². The first-order valence-electron chi connectivity index (χ1n) is 7.88. The van der Waals surface area contributed by atoms with Gasteiger partial charge >= 0.3 is 0 Å². The summed E-state index contributed by atoms with van der Waals surface area (Å²) in [4.78, 5) is 24.4. The van der Waals surface area contributed by atoms with Gasteiger partial charge in [0.1, 0.15) is 0 Å². The number of nitrogens with one attached hydrogen (secondary N) is 2. The van der Waals surface area contributed by atoms with Crippen molar-refractivity contribution in [2.75, 3.05) is 5.32 Å². The minimum atomic E-state index is -0.135. The standard InChI is InChI=1S/C18H21N3O2S/c1-3-4-10-17(22)21-20-13(2)14-7-5-8-15(12-14)19-18(23)16-9-6-11-24-16/h5-9,11-12H,3-4,10H2,1-2H3,(H,19,23)(H,21,22). The molecule has 24 heavy (non-hydrogen) atoms. The van der Waals surface area contributed by atoms with Crippen molar-refractivity contribution in [3.05, 3.63) is 52.2 Å².